The average Bonchev–Trinajstić information content (AvgIpc) is 2.83. The maximum atomic E-state index is 12.1. The summed E-state index contributed by atoms with van der Waals surface area (Å²) < 4.78 is 5.40. The number of carbonyl (C=O) groups is 1. The van der Waals surface area contributed by atoms with Gasteiger partial charge in [0.1, 0.15) is 5.60 Å². The van der Waals surface area contributed by atoms with E-state index < -0.39 is 5.60 Å². The number of nitrogens with zero attached hydrogens (tertiary/aromatic N) is 3. The highest BCUT2D eigenvalue weighted by Gasteiger charge is 2.23. The number of likely N-dealkylation sites (tertiary alicyclic amines) is 1. The van der Waals surface area contributed by atoms with Gasteiger partial charge >= 0.3 is 6.09 Å². The zero-order valence-corrected chi connectivity index (χ0v) is 20.6. The minimum absolute atomic E-state index is 0.161. The Bertz CT molecular complexity index is 1350. The molecular weight excluding hydrogens is 436 g/mol. The molecule has 35 heavy (non-hydrogen) atoms. The van der Waals surface area contributed by atoms with E-state index in [0.717, 1.165) is 60.0 Å². The Morgan fingerprint density at radius 3 is 2.60 bits per heavy atom. The van der Waals surface area contributed by atoms with Crippen LogP contribution in [0.5, 0.6) is 0 Å². The van der Waals surface area contributed by atoms with Gasteiger partial charge in [0.15, 0.2) is 0 Å². The van der Waals surface area contributed by atoms with Crippen molar-refractivity contribution in [2.45, 2.75) is 51.8 Å². The van der Waals surface area contributed by atoms with Gasteiger partial charge in [0, 0.05) is 54.4 Å². The zero-order valence-electron chi connectivity index (χ0n) is 20.6. The van der Waals surface area contributed by atoms with Gasteiger partial charge in [-0.3, -0.25) is 9.88 Å². The molecule has 2 aromatic carbocycles. The van der Waals surface area contributed by atoms with Crippen LogP contribution in [0.3, 0.4) is 0 Å². The van der Waals surface area contributed by atoms with E-state index in [0.29, 0.717) is 0 Å². The molecule has 2 aromatic heterocycles. The molecule has 1 N–H and O–H groups in total. The van der Waals surface area contributed by atoms with Gasteiger partial charge in [-0.2, -0.15) is 0 Å². The number of para-hydroxylation sites is 1. The monoisotopic (exact) mass is 468 g/mol. The Morgan fingerprint density at radius 1 is 1.03 bits per heavy atom. The summed E-state index contributed by atoms with van der Waals surface area (Å²) in [5.41, 5.74) is 3.77. The van der Waals surface area contributed by atoms with E-state index >= 15 is 0 Å². The Balaban J connectivity index is 1.29. The van der Waals surface area contributed by atoms with Crippen LogP contribution in [0.4, 0.5) is 4.79 Å². The lowest BCUT2D eigenvalue weighted by Crippen LogP contribution is -2.45. The highest BCUT2D eigenvalue weighted by molar-refractivity contribution is 5.96. The predicted molar refractivity (Wildman–Crippen MR) is 140 cm³/mol. The van der Waals surface area contributed by atoms with Gasteiger partial charge in [-0.25, -0.2) is 9.78 Å². The number of hydrogen-bond acceptors (Lipinski definition) is 5. The molecule has 6 heteroatoms. The summed E-state index contributed by atoms with van der Waals surface area (Å²) in [6.07, 6.45) is 5.34. The molecule has 4 aromatic rings. The second-order valence-corrected chi connectivity index (χ2v) is 10.3. The van der Waals surface area contributed by atoms with E-state index in [4.69, 9.17) is 9.72 Å². The van der Waals surface area contributed by atoms with Crippen molar-refractivity contribution >= 4 is 27.8 Å². The van der Waals surface area contributed by atoms with Crippen LogP contribution < -0.4 is 5.32 Å². The summed E-state index contributed by atoms with van der Waals surface area (Å²) >= 11 is 0. The highest BCUT2D eigenvalue weighted by Crippen LogP contribution is 2.29. The molecule has 0 aliphatic carbocycles. The van der Waals surface area contributed by atoms with Crippen LogP contribution in [-0.2, 0) is 11.3 Å². The van der Waals surface area contributed by atoms with Crippen molar-refractivity contribution in [3.05, 3.63) is 72.6 Å². The second kappa shape index (κ2) is 9.62. The average molecular weight is 469 g/mol. The summed E-state index contributed by atoms with van der Waals surface area (Å²) in [7, 11) is 0. The third-order valence-electron chi connectivity index (χ3n) is 6.41. The maximum Gasteiger partial charge on any atom is 0.407 e. The Labute approximate surface area is 206 Å². The predicted octanol–water partition coefficient (Wildman–Crippen LogP) is 5.94. The minimum Gasteiger partial charge on any atom is -0.444 e. The third kappa shape index (κ3) is 5.60. The molecule has 0 radical (unpaired) electrons. The summed E-state index contributed by atoms with van der Waals surface area (Å²) in [6.45, 7) is 8.41. The van der Waals surface area contributed by atoms with E-state index in [1.54, 1.807) is 0 Å². The van der Waals surface area contributed by atoms with Crippen LogP contribution in [-0.4, -0.2) is 45.7 Å². The molecule has 1 aliphatic rings. The Morgan fingerprint density at radius 2 is 1.80 bits per heavy atom. The van der Waals surface area contributed by atoms with Gasteiger partial charge in [0.2, 0.25) is 0 Å². The SMILES string of the molecule is CC(C)(C)OC(=O)NC1CCN(Cc2ccc3cncc(-c4ccc5ccccc5n4)c3c2)CC1. The summed E-state index contributed by atoms with van der Waals surface area (Å²) in [4.78, 5) is 23.9. The van der Waals surface area contributed by atoms with Crippen molar-refractivity contribution in [2.24, 2.45) is 0 Å². The van der Waals surface area contributed by atoms with Crippen LogP contribution in [0, 0.1) is 0 Å². The number of alkyl carbamates (subject to hydrolysis) is 1. The molecule has 1 aliphatic heterocycles. The third-order valence-corrected chi connectivity index (χ3v) is 6.41. The number of amides is 1. The quantitative estimate of drug-likeness (QED) is 0.402. The first kappa shape index (κ1) is 23.2. The van der Waals surface area contributed by atoms with Crippen LogP contribution in [0.2, 0.25) is 0 Å². The molecule has 1 saturated heterocycles. The largest absolute Gasteiger partial charge is 0.444 e. The molecule has 6 nitrogen and oxygen atoms in total. The van der Waals surface area contributed by atoms with Crippen LogP contribution in [0.1, 0.15) is 39.2 Å². The number of fused-ring (bicyclic) bond motifs is 2. The first-order valence-corrected chi connectivity index (χ1v) is 12.3. The number of aromatic nitrogens is 2. The number of piperidine rings is 1. The van der Waals surface area contributed by atoms with Crippen molar-refractivity contribution in [3.8, 4) is 11.3 Å². The molecule has 1 fully saturated rings. The molecule has 180 valence electrons. The number of pyridine rings is 2. The van der Waals surface area contributed by atoms with E-state index in [1.165, 1.54) is 10.9 Å². The van der Waals surface area contributed by atoms with Gasteiger partial charge in [0.25, 0.3) is 0 Å². The molecule has 5 rings (SSSR count). The lowest BCUT2D eigenvalue weighted by Gasteiger charge is -2.33. The van der Waals surface area contributed by atoms with Crippen LogP contribution in [0.15, 0.2) is 67.0 Å². The Kier molecular flexibility index (Phi) is 6.39. The number of hydrogen-bond donors (Lipinski definition) is 1. The molecule has 1 amide bonds. The minimum atomic E-state index is -0.475. The van der Waals surface area contributed by atoms with Crippen LogP contribution in [0.25, 0.3) is 32.9 Å². The van der Waals surface area contributed by atoms with Gasteiger partial charge in [-0.15, -0.1) is 0 Å². The van der Waals surface area contributed by atoms with Gasteiger partial charge in [0.05, 0.1) is 11.2 Å². The summed E-state index contributed by atoms with van der Waals surface area (Å²) in [6, 6.07) is 19.1. The fourth-order valence-electron chi connectivity index (χ4n) is 4.70. The molecule has 0 spiro atoms. The van der Waals surface area contributed by atoms with E-state index in [-0.39, 0.29) is 12.1 Å². The van der Waals surface area contributed by atoms with E-state index in [1.807, 2.05) is 51.4 Å². The molecule has 0 atom stereocenters. The second-order valence-electron chi connectivity index (χ2n) is 10.3. The number of rotatable bonds is 4. The number of ether oxygens (including phenoxy) is 1. The van der Waals surface area contributed by atoms with Crippen molar-refractivity contribution in [3.63, 3.8) is 0 Å². The van der Waals surface area contributed by atoms with Crippen molar-refractivity contribution in [1.82, 2.24) is 20.2 Å². The van der Waals surface area contributed by atoms with Crippen molar-refractivity contribution in [1.29, 1.82) is 0 Å². The standard InChI is InChI=1S/C29H32N4O2/c1-29(2,3)35-28(34)31-23-12-14-33(15-13-23)19-20-8-9-22-17-30-18-25(24(22)16-20)27-11-10-21-6-4-5-7-26(21)32-27/h4-11,16-18,23H,12-15,19H2,1-3H3,(H,31,34). The number of benzene rings is 2. The lowest BCUT2D eigenvalue weighted by atomic mass is 10.0. The van der Waals surface area contributed by atoms with Gasteiger partial charge in [-0.05, 0) is 62.8 Å². The van der Waals surface area contributed by atoms with Crippen LogP contribution >= 0.6 is 0 Å². The fraction of sp³-hybridized carbons (Fsp3) is 0.345. The highest BCUT2D eigenvalue weighted by atomic mass is 16.6. The summed E-state index contributed by atoms with van der Waals surface area (Å²) in [5.74, 6) is 0. The molecule has 0 saturated carbocycles. The lowest BCUT2D eigenvalue weighted by molar-refractivity contribution is 0.0477. The topological polar surface area (TPSA) is 67.3 Å². The van der Waals surface area contributed by atoms with Gasteiger partial charge in [-0.1, -0.05) is 36.4 Å². The smallest absolute Gasteiger partial charge is 0.407 e. The van der Waals surface area contributed by atoms with Crippen molar-refractivity contribution < 1.29 is 9.53 Å². The Hall–Kier alpha value is -3.51. The zero-order chi connectivity index (χ0) is 24.4. The number of carbonyl (C=O) groups excluding carboxylic acids is 1. The van der Waals surface area contributed by atoms with E-state index in [2.05, 4.69) is 51.6 Å². The maximum absolute atomic E-state index is 12.1. The van der Waals surface area contributed by atoms with Crippen molar-refractivity contribution in [2.75, 3.05) is 13.1 Å². The first-order chi connectivity index (χ1) is 16.8. The molecule has 3 heterocycles. The summed E-state index contributed by atoms with van der Waals surface area (Å²) in [5, 5.41) is 6.44. The molecule has 0 unspecified atom stereocenters. The van der Waals surface area contributed by atoms with Gasteiger partial charge < -0.3 is 10.1 Å². The van der Waals surface area contributed by atoms with E-state index in [9.17, 15) is 4.79 Å². The normalized spacial score (nSPS) is 15.4. The fourth-order valence-corrected chi connectivity index (χ4v) is 4.70. The number of nitrogens with one attached hydrogen (secondary N) is 1. The first-order valence-electron chi connectivity index (χ1n) is 12.3. The molecular formula is C29H32N4O2. The molecule has 0 bridgehead atoms.